The monoisotopic (exact) mass is 292 g/mol. The predicted molar refractivity (Wildman–Crippen MR) is 82.1 cm³/mol. The zero-order valence-electron chi connectivity index (χ0n) is 12.0. The van der Waals surface area contributed by atoms with E-state index in [1.165, 1.54) is 5.56 Å². The maximum atomic E-state index is 6.22. The SMILES string of the molecule is CCCNC(Cc1ccncc1Cl)c1ccoc1CC. The van der Waals surface area contributed by atoms with Crippen LogP contribution in [-0.4, -0.2) is 11.5 Å². The number of furan rings is 1. The Morgan fingerprint density at radius 1 is 1.35 bits per heavy atom. The summed E-state index contributed by atoms with van der Waals surface area (Å²) in [5, 5.41) is 4.30. The number of aryl methyl sites for hydroxylation is 1. The highest BCUT2D eigenvalue weighted by atomic mass is 35.5. The van der Waals surface area contributed by atoms with Crippen LogP contribution in [0.1, 0.15) is 43.2 Å². The Balaban J connectivity index is 2.22. The number of rotatable bonds is 7. The van der Waals surface area contributed by atoms with Crippen molar-refractivity contribution in [2.24, 2.45) is 0 Å². The van der Waals surface area contributed by atoms with E-state index < -0.39 is 0 Å². The van der Waals surface area contributed by atoms with Crippen molar-refractivity contribution in [3.8, 4) is 0 Å². The Bertz CT molecular complexity index is 539. The van der Waals surface area contributed by atoms with E-state index in [-0.39, 0.29) is 6.04 Å². The summed E-state index contributed by atoms with van der Waals surface area (Å²) < 4.78 is 5.56. The fraction of sp³-hybridized carbons (Fsp3) is 0.438. The molecule has 2 heterocycles. The van der Waals surface area contributed by atoms with Crippen LogP contribution in [0.4, 0.5) is 0 Å². The van der Waals surface area contributed by atoms with Gasteiger partial charge in [0.1, 0.15) is 5.76 Å². The molecule has 108 valence electrons. The van der Waals surface area contributed by atoms with Crippen molar-refractivity contribution in [3.63, 3.8) is 0 Å². The summed E-state index contributed by atoms with van der Waals surface area (Å²) in [6.45, 7) is 5.25. The van der Waals surface area contributed by atoms with Crippen LogP contribution in [0, 0.1) is 0 Å². The van der Waals surface area contributed by atoms with Crippen molar-refractivity contribution in [3.05, 3.63) is 52.7 Å². The first-order valence-electron chi connectivity index (χ1n) is 7.14. The van der Waals surface area contributed by atoms with Crippen molar-refractivity contribution in [2.45, 2.75) is 39.2 Å². The summed E-state index contributed by atoms with van der Waals surface area (Å²) in [5.41, 5.74) is 2.34. The predicted octanol–water partition coefficient (Wildman–Crippen LogP) is 4.17. The Morgan fingerprint density at radius 3 is 2.90 bits per heavy atom. The third kappa shape index (κ3) is 3.62. The van der Waals surface area contributed by atoms with Gasteiger partial charge in [-0.3, -0.25) is 4.98 Å². The van der Waals surface area contributed by atoms with Crippen molar-refractivity contribution in [2.75, 3.05) is 6.54 Å². The molecule has 0 aromatic carbocycles. The summed E-state index contributed by atoms with van der Waals surface area (Å²) in [7, 11) is 0. The van der Waals surface area contributed by atoms with Crippen LogP contribution in [-0.2, 0) is 12.8 Å². The molecule has 1 atom stereocenters. The molecule has 2 aromatic heterocycles. The van der Waals surface area contributed by atoms with E-state index in [2.05, 4.69) is 30.2 Å². The van der Waals surface area contributed by atoms with Crippen LogP contribution in [0.2, 0.25) is 5.02 Å². The molecule has 1 N–H and O–H groups in total. The molecule has 1 unspecified atom stereocenters. The molecule has 0 radical (unpaired) electrons. The van der Waals surface area contributed by atoms with Gasteiger partial charge in [-0.15, -0.1) is 0 Å². The van der Waals surface area contributed by atoms with E-state index in [1.54, 1.807) is 18.7 Å². The first kappa shape index (κ1) is 15.1. The molecule has 2 aromatic rings. The molecule has 20 heavy (non-hydrogen) atoms. The van der Waals surface area contributed by atoms with E-state index in [4.69, 9.17) is 16.0 Å². The largest absolute Gasteiger partial charge is 0.469 e. The van der Waals surface area contributed by atoms with Gasteiger partial charge in [0.05, 0.1) is 11.3 Å². The van der Waals surface area contributed by atoms with Gasteiger partial charge < -0.3 is 9.73 Å². The second-order valence-corrected chi connectivity index (χ2v) is 5.24. The first-order chi connectivity index (χ1) is 9.76. The zero-order valence-corrected chi connectivity index (χ0v) is 12.8. The third-order valence-electron chi connectivity index (χ3n) is 3.40. The second-order valence-electron chi connectivity index (χ2n) is 4.83. The highest BCUT2D eigenvalue weighted by Crippen LogP contribution is 2.26. The van der Waals surface area contributed by atoms with E-state index >= 15 is 0 Å². The number of aromatic nitrogens is 1. The second kappa shape index (κ2) is 7.46. The molecule has 0 saturated carbocycles. The van der Waals surface area contributed by atoms with Crippen LogP contribution in [0.3, 0.4) is 0 Å². The maximum Gasteiger partial charge on any atom is 0.108 e. The number of nitrogens with one attached hydrogen (secondary N) is 1. The average molecular weight is 293 g/mol. The lowest BCUT2D eigenvalue weighted by atomic mass is 9.99. The molecule has 0 fully saturated rings. The van der Waals surface area contributed by atoms with E-state index in [9.17, 15) is 0 Å². The van der Waals surface area contributed by atoms with E-state index in [0.29, 0.717) is 0 Å². The van der Waals surface area contributed by atoms with Gasteiger partial charge in [-0.1, -0.05) is 25.4 Å². The lowest BCUT2D eigenvalue weighted by Crippen LogP contribution is -2.24. The summed E-state index contributed by atoms with van der Waals surface area (Å²) in [6.07, 6.45) is 8.09. The smallest absolute Gasteiger partial charge is 0.108 e. The minimum atomic E-state index is 0.226. The standard InChI is InChI=1S/C16H21ClN2O/c1-3-7-19-15(13-6-9-20-16(13)4-2)10-12-5-8-18-11-14(12)17/h5-6,8-9,11,15,19H,3-4,7,10H2,1-2H3. The summed E-state index contributed by atoms with van der Waals surface area (Å²) in [5.74, 6) is 1.05. The van der Waals surface area contributed by atoms with Gasteiger partial charge >= 0.3 is 0 Å². The van der Waals surface area contributed by atoms with Gasteiger partial charge in [0.25, 0.3) is 0 Å². The number of hydrogen-bond donors (Lipinski definition) is 1. The van der Waals surface area contributed by atoms with E-state index in [1.807, 2.05) is 6.07 Å². The minimum absolute atomic E-state index is 0.226. The van der Waals surface area contributed by atoms with Gasteiger partial charge in [-0.2, -0.15) is 0 Å². The van der Waals surface area contributed by atoms with Crippen molar-refractivity contribution >= 4 is 11.6 Å². The maximum absolute atomic E-state index is 6.22. The number of nitrogens with zero attached hydrogens (tertiary/aromatic N) is 1. The topological polar surface area (TPSA) is 38.1 Å². The summed E-state index contributed by atoms with van der Waals surface area (Å²) in [6, 6.07) is 4.26. The van der Waals surface area contributed by atoms with Crippen LogP contribution in [0.25, 0.3) is 0 Å². The molecule has 0 aliphatic rings. The van der Waals surface area contributed by atoms with Gasteiger partial charge in [0.2, 0.25) is 0 Å². The van der Waals surface area contributed by atoms with Gasteiger partial charge in [0, 0.05) is 30.4 Å². The molecule has 0 spiro atoms. The minimum Gasteiger partial charge on any atom is -0.469 e. The van der Waals surface area contributed by atoms with Crippen LogP contribution in [0.5, 0.6) is 0 Å². The number of pyridine rings is 1. The van der Waals surface area contributed by atoms with Gasteiger partial charge in [-0.25, -0.2) is 0 Å². The fourth-order valence-corrected chi connectivity index (χ4v) is 2.54. The lowest BCUT2D eigenvalue weighted by Gasteiger charge is -2.19. The van der Waals surface area contributed by atoms with Crippen LogP contribution < -0.4 is 5.32 Å². The van der Waals surface area contributed by atoms with Crippen molar-refractivity contribution < 1.29 is 4.42 Å². The van der Waals surface area contributed by atoms with Crippen LogP contribution >= 0.6 is 11.6 Å². The summed E-state index contributed by atoms with van der Waals surface area (Å²) >= 11 is 6.22. The molecule has 0 amide bonds. The molecule has 0 bridgehead atoms. The molecule has 2 rings (SSSR count). The molecule has 3 nitrogen and oxygen atoms in total. The Labute approximate surface area is 125 Å². The molecule has 0 aliphatic carbocycles. The van der Waals surface area contributed by atoms with Gasteiger partial charge in [-0.05, 0) is 37.1 Å². The number of halogens is 1. The van der Waals surface area contributed by atoms with Crippen molar-refractivity contribution in [1.29, 1.82) is 0 Å². The number of hydrogen-bond acceptors (Lipinski definition) is 3. The Hall–Kier alpha value is -1.32. The Morgan fingerprint density at radius 2 is 2.20 bits per heavy atom. The molecule has 4 heteroatoms. The molecular weight excluding hydrogens is 272 g/mol. The molecule has 0 aliphatic heterocycles. The highest BCUT2D eigenvalue weighted by Gasteiger charge is 2.18. The quantitative estimate of drug-likeness (QED) is 0.832. The first-order valence-corrected chi connectivity index (χ1v) is 7.52. The van der Waals surface area contributed by atoms with Gasteiger partial charge in [0.15, 0.2) is 0 Å². The fourth-order valence-electron chi connectivity index (χ4n) is 2.35. The lowest BCUT2D eigenvalue weighted by molar-refractivity contribution is 0.481. The average Bonchev–Trinajstić information content (AvgIpc) is 2.93. The normalized spacial score (nSPS) is 12.6. The molecule has 0 saturated heterocycles. The summed E-state index contributed by atoms with van der Waals surface area (Å²) in [4.78, 5) is 4.04. The zero-order chi connectivity index (χ0) is 14.4. The van der Waals surface area contributed by atoms with E-state index in [0.717, 1.165) is 42.2 Å². The third-order valence-corrected chi connectivity index (χ3v) is 3.74. The van der Waals surface area contributed by atoms with Crippen molar-refractivity contribution in [1.82, 2.24) is 10.3 Å². The molecular formula is C16H21ClN2O. The highest BCUT2D eigenvalue weighted by molar-refractivity contribution is 6.31. The van der Waals surface area contributed by atoms with Crippen LogP contribution in [0.15, 0.2) is 35.2 Å². The Kier molecular flexibility index (Phi) is 5.62.